The molecule has 0 bridgehead atoms. The van der Waals surface area contributed by atoms with Crippen LogP contribution in [0.1, 0.15) is 32.8 Å². The Hall–Kier alpha value is -1.75. The number of hydrogen-bond donors (Lipinski definition) is 1. The van der Waals surface area contributed by atoms with Gasteiger partial charge < -0.3 is 14.6 Å². The molecular weight excluding hydrogens is 270 g/mol. The van der Waals surface area contributed by atoms with Crippen LogP contribution >= 0.6 is 0 Å². The normalized spacial score (nSPS) is 13.8. The van der Waals surface area contributed by atoms with Crippen molar-refractivity contribution in [1.82, 2.24) is 4.90 Å². The molecule has 0 heterocycles. The van der Waals surface area contributed by atoms with E-state index in [0.29, 0.717) is 11.5 Å². The highest BCUT2D eigenvalue weighted by Gasteiger charge is 2.35. The van der Waals surface area contributed by atoms with Crippen LogP contribution in [-0.4, -0.2) is 43.3 Å². The molecule has 1 aromatic carbocycles. The Balaban J connectivity index is 3.35. The Morgan fingerprint density at radius 3 is 2.19 bits per heavy atom. The summed E-state index contributed by atoms with van der Waals surface area (Å²) < 4.78 is 10.6. The molecule has 0 aliphatic carbocycles. The Bertz CT molecular complexity index is 485. The second-order valence-electron chi connectivity index (χ2n) is 5.09. The van der Waals surface area contributed by atoms with Crippen LogP contribution in [0, 0.1) is 0 Å². The molecular formula is C16H25NO4. The van der Waals surface area contributed by atoms with Crippen molar-refractivity contribution < 1.29 is 19.4 Å². The molecule has 1 aromatic rings. The molecule has 0 saturated carbocycles. The largest absolute Gasteiger partial charge is 0.493 e. The first-order chi connectivity index (χ1) is 9.92. The maximum atomic E-state index is 11.3. The molecule has 5 nitrogen and oxygen atoms in total. The number of carbonyl (C=O) groups is 1. The summed E-state index contributed by atoms with van der Waals surface area (Å²) in [4.78, 5) is 13.5. The monoisotopic (exact) mass is 295 g/mol. The topological polar surface area (TPSA) is 59.0 Å². The van der Waals surface area contributed by atoms with E-state index >= 15 is 0 Å². The summed E-state index contributed by atoms with van der Waals surface area (Å²) in [5.74, 6) is 0.427. The molecule has 118 valence electrons. The fourth-order valence-corrected chi connectivity index (χ4v) is 2.78. The van der Waals surface area contributed by atoms with Gasteiger partial charge in [-0.1, -0.05) is 19.9 Å². The van der Waals surface area contributed by atoms with Crippen LogP contribution in [0.5, 0.6) is 11.5 Å². The van der Waals surface area contributed by atoms with Gasteiger partial charge in [0.05, 0.1) is 26.2 Å². The highest BCUT2D eigenvalue weighted by molar-refractivity contribution is 5.69. The molecule has 0 radical (unpaired) electrons. The second kappa shape index (κ2) is 7.31. The van der Waals surface area contributed by atoms with E-state index in [4.69, 9.17) is 9.47 Å². The average molecular weight is 295 g/mol. The van der Waals surface area contributed by atoms with Crippen LogP contribution in [0.4, 0.5) is 0 Å². The molecule has 5 heteroatoms. The van der Waals surface area contributed by atoms with Crippen molar-refractivity contribution in [2.45, 2.75) is 32.7 Å². The summed E-state index contributed by atoms with van der Waals surface area (Å²) in [5, 5.41) is 9.30. The molecule has 0 spiro atoms. The summed E-state index contributed by atoms with van der Waals surface area (Å²) in [5.41, 5.74) is 0.320. The molecule has 1 unspecified atom stereocenters. The molecule has 0 amide bonds. The fraction of sp³-hybridized carbons (Fsp3) is 0.562. The van der Waals surface area contributed by atoms with Crippen molar-refractivity contribution in [3.8, 4) is 11.5 Å². The van der Waals surface area contributed by atoms with Gasteiger partial charge in [-0.3, -0.25) is 9.69 Å². The smallest absolute Gasteiger partial charge is 0.305 e. The van der Waals surface area contributed by atoms with Crippen LogP contribution in [0.15, 0.2) is 18.2 Å². The Kier molecular flexibility index (Phi) is 6.03. The first-order valence-corrected chi connectivity index (χ1v) is 7.12. The van der Waals surface area contributed by atoms with Gasteiger partial charge in [0.15, 0.2) is 11.5 Å². The lowest BCUT2D eigenvalue weighted by Crippen LogP contribution is -2.45. The van der Waals surface area contributed by atoms with Crippen molar-refractivity contribution >= 4 is 5.97 Å². The van der Waals surface area contributed by atoms with E-state index in [-0.39, 0.29) is 6.42 Å². The highest BCUT2D eigenvalue weighted by atomic mass is 16.5. The number of methoxy groups -OCH3 is 2. The molecule has 0 aliphatic rings. The molecule has 1 N–H and O–H groups in total. The van der Waals surface area contributed by atoms with E-state index in [0.717, 1.165) is 18.7 Å². The third-order valence-electron chi connectivity index (χ3n) is 3.96. The van der Waals surface area contributed by atoms with Gasteiger partial charge >= 0.3 is 5.97 Å². The molecule has 21 heavy (non-hydrogen) atoms. The van der Waals surface area contributed by atoms with E-state index in [1.54, 1.807) is 14.2 Å². The predicted molar refractivity (Wildman–Crippen MR) is 82.1 cm³/mol. The Labute approximate surface area is 126 Å². The number of carboxylic acids is 1. The maximum absolute atomic E-state index is 11.3. The molecule has 0 aliphatic heterocycles. The summed E-state index contributed by atoms with van der Waals surface area (Å²) in [7, 11) is 3.16. The minimum atomic E-state index is -0.820. The SMILES string of the molecule is CCN(CC)C(C)(CC(=O)O)c1ccc(OC)c(OC)c1. The minimum Gasteiger partial charge on any atom is -0.493 e. The molecule has 0 aromatic heterocycles. The van der Waals surface area contributed by atoms with Gasteiger partial charge in [-0.05, 0) is 37.7 Å². The summed E-state index contributed by atoms with van der Waals surface area (Å²) in [6, 6.07) is 5.58. The number of nitrogens with zero attached hydrogens (tertiary/aromatic N) is 1. The zero-order valence-corrected chi connectivity index (χ0v) is 13.5. The van der Waals surface area contributed by atoms with Crippen molar-refractivity contribution in [2.75, 3.05) is 27.3 Å². The number of benzene rings is 1. The fourth-order valence-electron chi connectivity index (χ4n) is 2.78. The van der Waals surface area contributed by atoms with Gasteiger partial charge in [0.2, 0.25) is 0 Å². The summed E-state index contributed by atoms with van der Waals surface area (Å²) >= 11 is 0. The zero-order chi connectivity index (χ0) is 16.0. The Morgan fingerprint density at radius 1 is 1.19 bits per heavy atom. The number of carboxylic acid groups (broad SMARTS) is 1. The third kappa shape index (κ3) is 3.67. The molecule has 1 atom stereocenters. The quantitative estimate of drug-likeness (QED) is 0.799. The van der Waals surface area contributed by atoms with E-state index in [9.17, 15) is 9.90 Å². The standard InChI is InChI=1S/C16H25NO4/c1-6-17(7-2)16(3,11-15(18)19)12-8-9-13(20-4)14(10-12)21-5/h8-10H,6-7,11H2,1-5H3,(H,18,19). The lowest BCUT2D eigenvalue weighted by atomic mass is 9.86. The van der Waals surface area contributed by atoms with Crippen molar-refractivity contribution in [3.63, 3.8) is 0 Å². The first kappa shape index (κ1) is 17.3. The van der Waals surface area contributed by atoms with E-state index in [1.165, 1.54) is 0 Å². The predicted octanol–water partition coefficient (Wildman–Crippen LogP) is 2.74. The number of ether oxygens (including phenoxy) is 2. The van der Waals surface area contributed by atoms with Crippen LogP contribution in [0.3, 0.4) is 0 Å². The van der Waals surface area contributed by atoms with Crippen molar-refractivity contribution in [3.05, 3.63) is 23.8 Å². The van der Waals surface area contributed by atoms with E-state index in [1.807, 2.05) is 39.0 Å². The first-order valence-electron chi connectivity index (χ1n) is 7.12. The molecule has 0 saturated heterocycles. The van der Waals surface area contributed by atoms with E-state index < -0.39 is 11.5 Å². The van der Waals surface area contributed by atoms with Gasteiger partial charge in [0.25, 0.3) is 0 Å². The van der Waals surface area contributed by atoms with Gasteiger partial charge in [0.1, 0.15) is 0 Å². The van der Waals surface area contributed by atoms with Crippen LogP contribution in [0.25, 0.3) is 0 Å². The zero-order valence-electron chi connectivity index (χ0n) is 13.5. The number of hydrogen-bond acceptors (Lipinski definition) is 4. The third-order valence-corrected chi connectivity index (χ3v) is 3.96. The summed E-state index contributed by atoms with van der Waals surface area (Å²) in [6.07, 6.45) is 0.0319. The maximum Gasteiger partial charge on any atom is 0.305 e. The molecule has 0 fully saturated rings. The van der Waals surface area contributed by atoms with Crippen LogP contribution in [-0.2, 0) is 10.3 Å². The Morgan fingerprint density at radius 2 is 1.76 bits per heavy atom. The van der Waals surface area contributed by atoms with Crippen molar-refractivity contribution in [1.29, 1.82) is 0 Å². The van der Waals surface area contributed by atoms with Crippen LogP contribution < -0.4 is 9.47 Å². The average Bonchev–Trinajstić information content (AvgIpc) is 2.46. The van der Waals surface area contributed by atoms with Crippen molar-refractivity contribution in [2.24, 2.45) is 0 Å². The summed E-state index contributed by atoms with van der Waals surface area (Å²) in [6.45, 7) is 7.56. The number of rotatable bonds is 8. The minimum absolute atomic E-state index is 0.0319. The number of aliphatic carboxylic acids is 1. The van der Waals surface area contributed by atoms with Gasteiger partial charge in [-0.2, -0.15) is 0 Å². The van der Waals surface area contributed by atoms with Gasteiger partial charge in [0, 0.05) is 0 Å². The van der Waals surface area contributed by atoms with Gasteiger partial charge in [-0.15, -0.1) is 0 Å². The lowest BCUT2D eigenvalue weighted by Gasteiger charge is -2.40. The second-order valence-corrected chi connectivity index (χ2v) is 5.09. The van der Waals surface area contributed by atoms with E-state index in [2.05, 4.69) is 4.90 Å². The molecule has 1 rings (SSSR count). The highest BCUT2D eigenvalue weighted by Crippen LogP contribution is 2.37. The lowest BCUT2D eigenvalue weighted by molar-refractivity contribution is -0.140. The van der Waals surface area contributed by atoms with Crippen LogP contribution in [0.2, 0.25) is 0 Å². The van der Waals surface area contributed by atoms with Gasteiger partial charge in [-0.25, -0.2) is 0 Å².